The van der Waals surface area contributed by atoms with Gasteiger partial charge < -0.3 is 4.74 Å². The van der Waals surface area contributed by atoms with Crippen molar-refractivity contribution >= 4 is 16.1 Å². The van der Waals surface area contributed by atoms with E-state index in [0.29, 0.717) is 13.0 Å². The van der Waals surface area contributed by atoms with Gasteiger partial charge in [0.15, 0.2) is 0 Å². The van der Waals surface area contributed by atoms with E-state index in [2.05, 4.69) is 20.8 Å². The Morgan fingerprint density at radius 3 is 1.81 bits per heavy atom. The molecule has 0 aliphatic rings. The van der Waals surface area contributed by atoms with Crippen molar-refractivity contribution in [1.29, 1.82) is 0 Å². The standard InChI is InChI=1S/C16H32O2.C4H10O3S/c1-4-7-9-11-13-15(6-3)16(17)18-14-12-10-8-5-2;1-2-3-4-8(5,6)7/h15H,4-14H2,1-3H3;2-4H2,1H3,(H,5,6,7). The molecule has 0 spiro atoms. The molecule has 6 heteroatoms. The minimum absolute atomic E-state index is 0.0329. The average molecular weight is 395 g/mol. The Balaban J connectivity index is 0. The van der Waals surface area contributed by atoms with E-state index in [4.69, 9.17) is 9.29 Å². The van der Waals surface area contributed by atoms with Crippen LogP contribution in [-0.2, 0) is 19.6 Å². The van der Waals surface area contributed by atoms with E-state index < -0.39 is 10.1 Å². The number of ether oxygens (including phenoxy) is 1. The van der Waals surface area contributed by atoms with E-state index >= 15 is 0 Å². The lowest BCUT2D eigenvalue weighted by molar-refractivity contribution is -0.149. The van der Waals surface area contributed by atoms with Gasteiger partial charge in [-0.05, 0) is 25.7 Å². The van der Waals surface area contributed by atoms with Gasteiger partial charge in [0.1, 0.15) is 0 Å². The summed E-state index contributed by atoms with van der Waals surface area (Å²) in [7, 11) is -3.69. The van der Waals surface area contributed by atoms with Crippen molar-refractivity contribution in [3.05, 3.63) is 0 Å². The van der Waals surface area contributed by atoms with Crippen LogP contribution in [-0.4, -0.2) is 31.3 Å². The van der Waals surface area contributed by atoms with Crippen LogP contribution in [0.2, 0.25) is 0 Å². The second-order valence-electron chi connectivity index (χ2n) is 6.82. The molecule has 0 heterocycles. The summed E-state index contributed by atoms with van der Waals surface area (Å²) in [5.41, 5.74) is 0. The van der Waals surface area contributed by atoms with E-state index in [1.807, 2.05) is 6.92 Å². The highest BCUT2D eigenvalue weighted by molar-refractivity contribution is 7.85. The molecular formula is C20H42O5S. The fourth-order valence-corrected chi connectivity index (χ4v) is 3.11. The maximum Gasteiger partial charge on any atom is 0.308 e. The number of carbonyl (C=O) groups excluding carboxylic acids is 1. The van der Waals surface area contributed by atoms with Crippen LogP contribution >= 0.6 is 0 Å². The Bertz CT molecular complexity index is 406. The lowest BCUT2D eigenvalue weighted by Gasteiger charge is -2.14. The number of unbranched alkanes of at least 4 members (excludes halogenated alkanes) is 7. The summed E-state index contributed by atoms with van der Waals surface area (Å²) >= 11 is 0. The first-order valence-electron chi connectivity index (χ1n) is 10.4. The Hall–Kier alpha value is -0.620. The predicted molar refractivity (Wildman–Crippen MR) is 109 cm³/mol. The van der Waals surface area contributed by atoms with E-state index in [9.17, 15) is 13.2 Å². The summed E-state index contributed by atoms with van der Waals surface area (Å²) < 4.78 is 33.4. The molecule has 26 heavy (non-hydrogen) atoms. The average Bonchev–Trinajstić information content (AvgIpc) is 2.59. The van der Waals surface area contributed by atoms with Gasteiger partial charge in [0.05, 0.1) is 18.3 Å². The fourth-order valence-electron chi connectivity index (χ4n) is 2.45. The summed E-state index contributed by atoms with van der Waals surface area (Å²) in [4.78, 5) is 11.8. The lowest BCUT2D eigenvalue weighted by atomic mass is 9.98. The normalized spacial score (nSPS) is 12.2. The third-order valence-corrected chi connectivity index (χ3v) is 5.03. The highest BCUT2D eigenvalue weighted by atomic mass is 32.2. The monoisotopic (exact) mass is 394 g/mol. The Morgan fingerprint density at radius 2 is 1.38 bits per heavy atom. The van der Waals surface area contributed by atoms with Crippen LogP contribution in [0.3, 0.4) is 0 Å². The number of carbonyl (C=O) groups is 1. The molecule has 0 amide bonds. The Morgan fingerprint density at radius 1 is 0.846 bits per heavy atom. The zero-order valence-electron chi connectivity index (χ0n) is 17.5. The molecule has 0 saturated carbocycles. The molecule has 158 valence electrons. The first kappa shape index (κ1) is 27.6. The zero-order chi connectivity index (χ0) is 20.3. The number of rotatable bonds is 15. The smallest absolute Gasteiger partial charge is 0.308 e. The van der Waals surface area contributed by atoms with Crippen molar-refractivity contribution in [2.45, 2.75) is 105 Å². The minimum atomic E-state index is -3.69. The van der Waals surface area contributed by atoms with Crippen LogP contribution < -0.4 is 0 Å². The van der Waals surface area contributed by atoms with Crippen molar-refractivity contribution < 1.29 is 22.5 Å². The number of hydrogen-bond acceptors (Lipinski definition) is 4. The summed E-state index contributed by atoms with van der Waals surface area (Å²) in [6.45, 7) is 8.97. The third-order valence-electron chi connectivity index (χ3n) is 4.23. The number of hydrogen-bond donors (Lipinski definition) is 1. The van der Waals surface area contributed by atoms with Crippen LogP contribution in [0.15, 0.2) is 0 Å². The molecule has 0 radical (unpaired) electrons. The second-order valence-corrected chi connectivity index (χ2v) is 8.39. The molecule has 0 bridgehead atoms. The minimum Gasteiger partial charge on any atom is -0.465 e. The van der Waals surface area contributed by atoms with Crippen LogP contribution in [0.25, 0.3) is 0 Å². The Kier molecular flexibility index (Phi) is 20.3. The quantitative estimate of drug-likeness (QED) is 0.216. The van der Waals surface area contributed by atoms with Crippen molar-refractivity contribution in [1.82, 2.24) is 0 Å². The van der Waals surface area contributed by atoms with Crippen LogP contribution in [0.5, 0.6) is 0 Å². The summed E-state index contributed by atoms with van der Waals surface area (Å²) in [6.07, 6.45) is 12.9. The van der Waals surface area contributed by atoms with Gasteiger partial charge in [-0.15, -0.1) is 0 Å². The largest absolute Gasteiger partial charge is 0.465 e. The summed E-state index contributed by atoms with van der Waals surface area (Å²) in [6, 6.07) is 0. The van der Waals surface area contributed by atoms with E-state index in [-0.39, 0.29) is 17.6 Å². The molecule has 0 rings (SSSR count). The molecule has 5 nitrogen and oxygen atoms in total. The molecule has 1 N–H and O–H groups in total. The maximum atomic E-state index is 11.8. The van der Waals surface area contributed by atoms with Gasteiger partial charge in [-0.25, -0.2) is 0 Å². The van der Waals surface area contributed by atoms with Crippen molar-refractivity contribution in [3.8, 4) is 0 Å². The molecule has 0 aliphatic heterocycles. The van der Waals surface area contributed by atoms with Crippen molar-refractivity contribution in [2.24, 2.45) is 5.92 Å². The molecule has 1 atom stereocenters. The van der Waals surface area contributed by atoms with Crippen LogP contribution in [0, 0.1) is 5.92 Å². The molecule has 0 aliphatic carbocycles. The van der Waals surface area contributed by atoms with Crippen LogP contribution in [0.1, 0.15) is 105 Å². The molecule has 0 aromatic heterocycles. The lowest BCUT2D eigenvalue weighted by Crippen LogP contribution is -2.17. The van der Waals surface area contributed by atoms with Gasteiger partial charge >= 0.3 is 5.97 Å². The third kappa shape index (κ3) is 21.4. The second kappa shape index (κ2) is 19.2. The highest BCUT2D eigenvalue weighted by Crippen LogP contribution is 2.16. The SMILES string of the molecule is CCCCCCOC(=O)C(CC)CCCCCC.CCCCS(=O)(=O)O. The van der Waals surface area contributed by atoms with Crippen LogP contribution in [0.4, 0.5) is 0 Å². The highest BCUT2D eigenvalue weighted by Gasteiger charge is 2.17. The molecule has 0 fully saturated rings. The molecule has 0 saturated heterocycles. The summed E-state index contributed by atoms with van der Waals surface area (Å²) in [5.74, 6) is 0.0577. The molecular weight excluding hydrogens is 352 g/mol. The van der Waals surface area contributed by atoms with E-state index in [1.165, 1.54) is 38.5 Å². The fraction of sp³-hybridized carbons (Fsp3) is 0.950. The van der Waals surface area contributed by atoms with Crippen molar-refractivity contribution in [3.63, 3.8) is 0 Å². The van der Waals surface area contributed by atoms with Gasteiger partial charge in [-0.2, -0.15) is 8.42 Å². The number of esters is 1. The maximum absolute atomic E-state index is 11.8. The van der Waals surface area contributed by atoms with Crippen molar-refractivity contribution in [2.75, 3.05) is 12.4 Å². The van der Waals surface area contributed by atoms with E-state index in [0.717, 1.165) is 32.1 Å². The topological polar surface area (TPSA) is 80.7 Å². The molecule has 0 aromatic rings. The van der Waals surface area contributed by atoms with Gasteiger partial charge in [0, 0.05) is 0 Å². The first-order valence-corrected chi connectivity index (χ1v) is 12.0. The molecule has 1 unspecified atom stereocenters. The molecule has 0 aromatic carbocycles. The van der Waals surface area contributed by atoms with E-state index in [1.54, 1.807) is 0 Å². The van der Waals surface area contributed by atoms with Gasteiger partial charge in [-0.1, -0.05) is 79.1 Å². The van der Waals surface area contributed by atoms with Gasteiger partial charge in [0.2, 0.25) is 0 Å². The Labute approximate surface area is 162 Å². The first-order chi connectivity index (χ1) is 12.3. The summed E-state index contributed by atoms with van der Waals surface area (Å²) in [5, 5.41) is 0. The predicted octanol–water partition coefficient (Wildman–Crippen LogP) is 5.78. The van der Waals surface area contributed by atoms with Gasteiger partial charge in [-0.3, -0.25) is 9.35 Å². The zero-order valence-corrected chi connectivity index (χ0v) is 18.3. The van der Waals surface area contributed by atoms with Gasteiger partial charge in [0.25, 0.3) is 10.1 Å².